The number of imidazole rings is 1. The lowest BCUT2D eigenvalue weighted by Gasteiger charge is -2.29. The van der Waals surface area contributed by atoms with E-state index in [9.17, 15) is 14.4 Å². The van der Waals surface area contributed by atoms with Gasteiger partial charge in [-0.1, -0.05) is 43.5 Å². The number of anilines is 1. The molecule has 2 N–H and O–H groups in total. The molecule has 0 radical (unpaired) electrons. The molecule has 36 heavy (non-hydrogen) atoms. The van der Waals surface area contributed by atoms with Crippen molar-refractivity contribution in [1.82, 2.24) is 24.6 Å². The lowest BCUT2D eigenvalue weighted by atomic mass is 10.1. The zero-order chi connectivity index (χ0) is 25.2. The summed E-state index contributed by atoms with van der Waals surface area (Å²) < 4.78 is 3.66. The largest absolute Gasteiger partial charge is 0.354 e. The molecule has 0 aliphatic carbocycles. The number of aromatic nitrogens is 3. The quantitative estimate of drug-likeness (QED) is 0.454. The Balaban J connectivity index is 1.52. The molecule has 0 saturated carbocycles. The molecule has 9 nitrogen and oxygen atoms in total. The molecule has 3 aromatic rings. The van der Waals surface area contributed by atoms with Gasteiger partial charge in [-0.2, -0.15) is 0 Å². The second kappa shape index (κ2) is 10.3. The number of carbonyl (C=O) groups is 2. The number of aryl methyl sites for hydroxylation is 1. The molecule has 4 heterocycles. The summed E-state index contributed by atoms with van der Waals surface area (Å²) in [4.78, 5) is 44.9. The van der Waals surface area contributed by atoms with Crippen molar-refractivity contribution in [2.45, 2.75) is 64.1 Å². The van der Waals surface area contributed by atoms with Crippen LogP contribution in [0.2, 0.25) is 5.02 Å². The first-order valence-corrected chi connectivity index (χ1v) is 13.0. The molecule has 5 rings (SSSR count). The van der Waals surface area contributed by atoms with Crippen LogP contribution in [-0.4, -0.2) is 50.9 Å². The average molecular weight is 511 g/mol. The maximum Gasteiger partial charge on any atom is 0.261 e. The van der Waals surface area contributed by atoms with Crippen molar-refractivity contribution in [3.8, 4) is 11.3 Å². The monoisotopic (exact) mass is 510 g/mol. The van der Waals surface area contributed by atoms with Crippen molar-refractivity contribution in [2.24, 2.45) is 0 Å². The Morgan fingerprint density at radius 1 is 1.22 bits per heavy atom. The minimum Gasteiger partial charge on any atom is -0.354 e. The molecular formula is C26H31ClN6O3. The number of rotatable bonds is 8. The van der Waals surface area contributed by atoms with E-state index in [-0.39, 0.29) is 23.4 Å². The molecule has 10 heteroatoms. The molecule has 190 valence electrons. The summed E-state index contributed by atoms with van der Waals surface area (Å²) in [7, 11) is 0. The van der Waals surface area contributed by atoms with Crippen LogP contribution in [0.25, 0.3) is 17.0 Å². The summed E-state index contributed by atoms with van der Waals surface area (Å²) in [6.45, 7) is 3.97. The van der Waals surface area contributed by atoms with Crippen molar-refractivity contribution in [1.29, 1.82) is 0 Å². The number of fused-ring (bicyclic) bond motifs is 1. The molecule has 0 bridgehead atoms. The molecule has 0 unspecified atom stereocenters. The standard InChI is InChI=1S/C26H31ClN6O3/c1-2-3-4-11-32-23(31-12-5-6-21(31)25(36)29-19-13-22(34)28-15-19)14-24(35)33-16-20(30-26(32)33)17-7-9-18(27)10-8-17/h7-10,14,16,19,21H,2-6,11-13,15H2,1H3,(H,28,34)(H,29,36)/t19-,21-/m0/s1. The molecule has 2 aliphatic rings. The van der Waals surface area contributed by atoms with E-state index in [4.69, 9.17) is 16.6 Å². The van der Waals surface area contributed by atoms with Gasteiger partial charge in [-0.25, -0.2) is 4.98 Å². The van der Waals surface area contributed by atoms with Crippen LogP contribution in [-0.2, 0) is 16.1 Å². The van der Waals surface area contributed by atoms with E-state index < -0.39 is 6.04 Å². The van der Waals surface area contributed by atoms with Crippen molar-refractivity contribution < 1.29 is 9.59 Å². The molecule has 1 aromatic carbocycles. The Bertz CT molecular complexity index is 1330. The van der Waals surface area contributed by atoms with Crippen LogP contribution in [0, 0.1) is 0 Å². The molecule has 2 amide bonds. The minimum atomic E-state index is -0.398. The first-order chi connectivity index (χ1) is 17.4. The lowest BCUT2D eigenvalue weighted by Crippen LogP contribution is -2.48. The fourth-order valence-electron chi connectivity index (χ4n) is 5.13. The number of benzene rings is 1. The van der Waals surface area contributed by atoms with Crippen LogP contribution in [0.15, 0.2) is 41.3 Å². The summed E-state index contributed by atoms with van der Waals surface area (Å²) in [5, 5.41) is 6.42. The number of hydrogen-bond acceptors (Lipinski definition) is 5. The van der Waals surface area contributed by atoms with Crippen molar-refractivity contribution in [3.63, 3.8) is 0 Å². The maximum atomic E-state index is 13.2. The first kappa shape index (κ1) is 24.4. The zero-order valence-electron chi connectivity index (χ0n) is 20.4. The van der Waals surface area contributed by atoms with Gasteiger partial charge in [0.2, 0.25) is 17.6 Å². The van der Waals surface area contributed by atoms with Gasteiger partial charge in [0.05, 0.1) is 11.7 Å². The smallest absolute Gasteiger partial charge is 0.261 e. The lowest BCUT2D eigenvalue weighted by molar-refractivity contribution is -0.122. The Labute approximate surface area is 214 Å². The van der Waals surface area contributed by atoms with E-state index in [0.29, 0.717) is 49.0 Å². The highest BCUT2D eigenvalue weighted by Gasteiger charge is 2.35. The van der Waals surface area contributed by atoms with E-state index >= 15 is 0 Å². The van der Waals surface area contributed by atoms with Crippen LogP contribution in [0.4, 0.5) is 5.82 Å². The van der Waals surface area contributed by atoms with Gasteiger partial charge < -0.3 is 15.5 Å². The normalized spacial score (nSPS) is 19.7. The van der Waals surface area contributed by atoms with Crippen LogP contribution >= 0.6 is 11.6 Å². The van der Waals surface area contributed by atoms with Gasteiger partial charge in [-0.15, -0.1) is 0 Å². The summed E-state index contributed by atoms with van der Waals surface area (Å²) in [6, 6.07) is 8.42. The summed E-state index contributed by atoms with van der Waals surface area (Å²) in [5.74, 6) is 1.13. The Kier molecular flexibility index (Phi) is 7.00. The van der Waals surface area contributed by atoms with Gasteiger partial charge in [0.15, 0.2) is 0 Å². The fourth-order valence-corrected chi connectivity index (χ4v) is 5.26. The number of amides is 2. The van der Waals surface area contributed by atoms with E-state index in [2.05, 4.69) is 22.1 Å². The van der Waals surface area contributed by atoms with Crippen LogP contribution in [0.5, 0.6) is 0 Å². The molecule has 2 atom stereocenters. The van der Waals surface area contributed by atoms with Gasteiger partial charge in [-0.3, -0.25) is 23.4 Å². The Hall–Kier alpha value is -3.33. The second-order valence-electron chi connectivity index (χ2n) is 9.57. The number of halogens is 1. The van der Waals surface area contributed by atoms with Crippen molar-refractivity contribution in [2.75, 3.05) is 18.0 Å². The Morgan fingerprint density at radius 2 is 2.03 bits per heavy atom. The topological polar surface area (TPSA) is 101 Å². The molecule has 2 aromatic heterocycles. The molecule has 2 fully saturated rings. The summed E-state index contributed by atoms with van der Waals surface area (Å²) >= 11 is 6.05. The SMILES string of the molecule is CCCCCn1c(N2CCC[C@H]2C(=O)N[C@@H]2CNC(=O)C2)cc(=O)n2cc(-c3ccc(Cl)cc3)nc12. The van der Waals surface area contributed by atoms with E-state index in [0.717, 1.165) is 37.1 Å². The van der Waals surface area contributed by atoms with Crippen LogP contribution in [0.1, 0.15) is 45.4 Å². The number of carbonyl (C=O) groups excluding carboxylic acids is 2. The van der Waals surface area contributed by atoms with Gasteiger partial charge in [0.25, 0.3) is 5.56 Å². The third-order valence-corrected chi connectivity index (χ3v) is 7.25. The van der Waals surface area contributed by atoms with Gasteiger partial charge in [0.1, 0.15) is 11.9 Å². The van der Waals surface area contributed by atoms with Crippen LogP contribution < -0.4 is 21.1 Å². The highest BCUT2D eigenvalue weighted by molar-refractivity contribution is 6.30. The minimum absolute atomic E-state index is 0.0467. The van der Waals surface area contributed by atoms with Crippen LogP contribution in [0.3, 0.4) is 0 Å². The molecule has 0 spiro atoms. The summed E-state index contributed by atoms with van der Waals surface area (Å²) in [6.07, 6.45) is 6.66. The zero-order valence-corrected chi connectivity index (χ0v) is 21.1. The Morgan fingerprint density at radius 3 is 2.75 bits per heavy atom. The highest BCUT2D eigenvalue weighted by Crippen LogP contribution is 2.28. The summed E-state index contributed by atoms with van der Waals surface area (Å²) in [5.41, 5.74) is 1.39. The fraction of sp³-hybridized carbons (Fsp3) is 0.462. The van der Waals surface area contributed by atoms with Gasteiger partial charge >= 0.3 is 0 Å². The average Bonchev–Trinajstić information content (AvgIpc) is 3.61. The van der Waals surface area contributed by atoms with E-state index in [1.807, 2.05) is 17.0 Å². The molecule has 2 saturated heterocycles. The number of nitrogens with one attached hydrogen (secondary N) is 2. The van der Waals surface area contributed by atoms with E-state index in [1.165, 1.54) is 0 Å². The predicted molar refractivity (Wildman–Crippen MR) is 139 cm³/mol. The van der Waals surface area contributed by atoms with Crippen molar-refractivity contribution in [3.05, 3.63) is 51.9 Å². The molecule has 2 aliphatic heterocycles. The third-order valence-electron chi connectivity index (χ3n) is 6.99. The maximum absolute atomic E-state index is 13.2. The van der Waals surface area contributed by atoms with E-state index in [1.54, 1.807) is 28.8 Å². The third kappa shape index (κ3) is 4.84. The number of unbranched alkanes of at least 4 members (excludes halogenated alkanes) is 2. The molecular weight excluding hydrogens is 480 g/mol. The first-order valence-electron chi connectivity index (χ1n) is 12.7. The highest BCUT2D eigenvalue weighted by atomic mass is 35.5. The van der Waals surface area contributed by atoms with Gasteiger partial charge in [0, 0.05) is 48.9 Å². The number of nitrogens with zero attached hydrogens (tertiary/aromatic N) is 4. The number of hydrogen-bond donors (Lipinski definition) is 2. The van der Waals surface area contributed by atoms with Gasteiger partial charge in [-0.05, 0) is 31.4 Å². The second-order valence-corrected chi connectivity index (χ2v) is 10.0. The van der Waals surface area contributed by atoms with Crippen molar-refractivity contribution >= 4 is 35.0 Å². The predicted octanol–water partition coefficient (Wildman–Crippen LogP) is 2.98.